The molecule has 6 nitrogen and oxygen atoms in total. The molecule has 7 heteroatoms. The third-order valence-electron chi connectivity index (χ3n) is 0.564. The highest BCUT2D eigenvalue weighted by Crippen LogP contribution is 1.85. The molecule has 0 bridgehead atoms. The fourth-order valence-corrected chi connectivity index (χ4v) is 0.561. The minimum atomic E-state index is -3.98. The van der Waals surface area contributed by atoms with Crippen molar-refractivity contribution in [2.24, 2.45) is 5.14 Å². The van der Waals surface area contributed by atoms with Gasteiger partial charge in [0.25, 0.3) is 0 Å². The lowest BCUT2D eigenvalue weighted by Crippen LogP contribution is -2.17. The SMILES string of the molecule is NS(=O)(=O)OCCC(=O)O. The molecule has 0 aromatic carbocycles. The molecule has 0 rings (SSSR count). The van der Waals surface area contributed by atoms with Crippen LogP contribution in [-0.4, -0.2) is 26.1 Å². The lowest BCUT2D eigenvalue weighted by Gasteiger charge is -1.95. The van der Waals surface area contributed by atoms with E-state index in [4.69, 9.17) is 5.11 Å². The molecule has 0 aromatic rings. The zero-order valence-corrected chi connectivity index (χ0v) is 5.80. The van der Waals surface area contributed by atoms with Gasteiger partial charge in [-0.1, -0.05) is 0 Å². The topological polar surface area (TPSA) is 107 Å². The Bertz CT molecular complexity index is 207. The van der Waals surface area contributed by atoms with Crippen molar-refractivity contribution in [3.63, 3.8) is 0 Å². The van der Waals surface area contributed by atoms with Crippen molar-refractivity contribution in [2.75, 3.05) is 6.61 Å². The number of hydrogen-bond acceptors (Lipinski definition) is 4. The van der Waals surface area contributed by atoms with E-state index in [-0.39, 0.29) is 6.42 Å². The predicted octanol–water partition coefficient (Wildman–Crippen LogP) is -1.32. The van der Waals surface area contributed by atoms with Crippen molar-refractivity contribution in [3.8, 4) is 0 Å². The minimum absolute atomic E-state index is 0.379. The van der Waals surface area contributed by atoms with E-state index in [1.165, 1.54) is 0 Å². The first-order valence-corrected chi connectivity index (χ1v) is 3.78. The maximum absolute atomic E-state index is 9.98. The van der Waals surface area contributed by atoms with E-state index in [0.29, 0.717) is 0 Å². The molecule has 0 radical (unpaired) electrons. The van der Waals surface area contributed by atoms with Crippen molar-refractivity contribution in [2.45, 2.75) is 6.42 Å². The van der Waals surface area contributed by atoms with Crippen LogP contribution in [0.5, 0.6) is 0 Å². The Morgan fingerprint density at radius 1 is 1.60 bits per heavy atom. The zero-order valence-electron chi connectivity index (χ0n) is 4.98. The van der Waals surface area contributed by atoms with Crippen LogP contribution in [0.25, 0.3) is 0 Å². The summed E-state index contributed by atoms with van der Waals surface area (Å²) in [4.78, 5) is 9.77. The molecular formula is C3H7NO5S. The van der Waals surface area contributed by atoms with Crippen molar-refractivity contribution < 1.29 is 22.5 Å². The Labute approximate surface area is 57.8 Å². The zero-order chi connectivity index (χ0) is 8.20. The van der Waals surface area contributed by atoms with Gasteiger partial charge < -0.3 is 5.11 Å². The molecule has 0 saturated carbocycles. The highest BCUT2D eigenvalue weighted by Gasteiger charge is 2.03. The van der Waals surface area contributed by atoms with E-state index < -0.39 is 22.9 Å². The van der Waals surface area contributed by atoms with Crippen molar-refractivity contribution in [1.29, 1.82) is 0 Å². The molecule has 0 fully saturated rings. The molecule has 0 unspecified atom stereocenters. The first-order chi connectivity index (χ1) is 4.42. The summed E-state index contributed by atoms with van der Waals surface area (Å²) in [5.41, 5.74) is 0. The highest BCUT2D eigenvalue weighted by atomic mass is 32.2. The summed E-state index contributed by atoms with van der Waals surface area (Å²) < 4.78 is 23.9. The van der Waals surface area contributed by atoms with Crippen molar-refractivity contribution in [1.82, 2.24) is 0 Å². The second-order valence-corrected chi connectivity index (χ2v) is 2.68. The van der Waals surface area contributed by atoms with Gasteiger partial charge in [0.15, 0.2) is 0 Å². The predicted molar refractivity (Wildman–Crippen MR) is 31.3 cm³/mol. The summed E-state index contributed by atoms with van der Waals surface area (Å²) in [6.07, 6.45) is -0.379. The Kier molecular flexibility index (Phi) is 3.26. The minimum Gasteiger partial charge on any atom is -0.481 e. The molecule has 0 amide bonds. The van der Waals surface area contributed by atoms with Gasteiger partial charge in [0.1, 0.15) is 0 Å². The van der Waals surface area contributed by atoms with Gasteiger partial charge in [0.2, 0.25) is 0 Å². The van der Waals surface area contributed by atoms with E-state index in [9.17, 15) is 13.2 Å². The molecule has 0 spiro atoms. The summed E-state index contributed by atoms with van der Waals surface area (Å²) in [5.74, 6) is -1.14. The Morgan fingerprint density at radius 3 is 2.40 bits per heavy atom. The lowest BCUT2D eigenvalue weighted by atomic mass is 10.5. The number of hydrogen-bond donors (Lipinski definition) is 2. The average molecular weight is 169 g/mol. The van der Waals surface area contributed by atoms with Gasteiger partial charge in [0.05, 0.1) is 13.0 Å². The second-order valence-electron chi connectivity index (χ2n) is 1.46. The van der Waals surface area contributed by atoms with Gasteiger partial charge in [-0.25, -0.2) is 5.14 Å². The fraction of sp³-hybridized carbons (Fsp3) is 0.667. The van der Waals surface area contributed by atoms with Gasteiger partial charge in [-0.05, 0) is 0 Å². The van der Waals surface area contributed by atoms with E-state index in [2.05, 4.69) is 9.32 Å². The van der Waals surface area contributed by atoms with E-state index >= 15 is 0 Å². The Morgan fingerprint density at radius 2 is 2.10 bits per heavy atom. The summed E-state index contributed by atoms with van der Waals surface area (Å²) in [7, 11) is -3.98. The van der Waals surface area contributed by atoms with Crippen LogP contribution < -0.4 is 5.14 Å². The van der Waals surface area contributed by atoms with Crippen molar-refractivity contribution >= 4 is 16.3 Å². The van der Waals surface area contributed by atoms with Gasteiger partial charge in [-0.3, -0.25) is 8.98 Å². The molecule has 60 valence electrons. The quantitative estimate of drug-likeness (QED) is 0.542. The molecular weight excluding hydrogens is 162 g/mol. The number of nitrogens with two attached hydrogens (primary N) is 1. The normalized spacial score (nSPS) is 11.3. The third kappa shape index (κ3) is 7.34. The second kappa shape index (κ2) is 3.49. The van der Waals surface area contributed by atoms with Crippen LogP contribution in [0, 0.1) is 0 Å². The molecule has 0 atom stereocenters. The van der Waals surface area contributed by atoms with Gasteiger partial charge in [0, 0.05) is 0 Å². The first-order valence-electron chi connectivity index (χ1n) is 2.31. The summed E-state index contributed by atoms with van der Waals surface area (Å²) >= 11 is 0. The summed E-state index contributed by atoms with van der Waals surface area (Å²) in [6, 6.07) is 0. The van der Waals surface area contributed by atoms with Gasteiger partial charge >= 0.3 is 16.3 Å². The standard InChI is InChI=1S/C3H7NO5S/c4-10(7,8)9-2-1-3(5)6/h1-2H2,(H,5,6)(H2,4,7,8). The molecule has 0 aliphatic heterocycles. The van der Waals surface area contributed by atoms with Crippen LogP contribution in [0.2, 0.25) is 0 Å². The first kappa shape index (κ1) is 9.34. The van der Waals surface area contributed by atoms with Crippen LogP contribution in [0.4, 0.5) is 0 Å². The molecule has 0 aromatic heterocycles. The summed E-state index contributed by atoms with van der Waals surface area (Å²) in [5, 5.41) is 12.4. The van der Waals surface area contributed by atoms with Gasteiger partial charge in [-0.2, -0.15) is 8.42 Å². The molecule has 3 N–H and O–H groups in total. The van der Waals surface area contributed by atoms with E-state index in [0.717, 1.165) is 0 Å². The Hall–Kier alpha value is -0.660. The summed E-state index contributed by atoms with van der Waals surface area (Å²) in [6.45, 7) is -0.422. The van der Waals surface area contributed by atoms with E-state index in [1.54, 1.807) is 0 Å². The smallest absolute Gasteiger partial charge is 0.333 e. The van der Waals surface area contributed by atoms with E-state index in [1.807, 2.05) is 0 Å². The van der Waals surface area contributed by atoms with Crippen LogP contribution in [0.3, 0.4) is 0 Å². The average Bonchev–Trinajstić information content (AvgIpc) is 1.59. The molecule has 0 saturated heterocycles. The number of carboxylic acid groups (broad SMARTS) is 1. The van der Waals surface area contributed by atoms with Crippen LogP contribution >= 0.6 is 0 Å². The number of aliphatic carboxylic acids is 1. The maximum Gasteiger partial charge on any atom is 0.333 e. The largest absolute Gasteiger partial charge is 0.481 e. The fourth-order valence-electron chi connectivity index (χ4n) is 0.245. The highest BCUT2D eigenvalue weighted by molar-refractivity contribution is 7.84. The van der Waals surface area contributed by atoms with Gasteiger partial charge in [-0.15, -0.1) is 0 Å². The van der Waals surface area contributed by atoms with Crippen LogP contribution in [0.1, 0.15) is 6.42 Å². The monoisotopic (exact) mass is 169 g/mol. The molecule has 10 heavy (non-hydrogen) atoms. The van der Waals surface area contributed by atoms with Crippen LogP contribution in [-0.2, 0) is 19.3 Å². The third-order valence-corrected chi connectivity index (χ3v) is 1.06. The molecule has 0 aliphatic rings. The molecule has 0 heterocycles. The van der Waals surface area contributed by atoms with Crippen LogP contribution in [0.15, 0.2) is 0 Å². The number of rotatable bonds is 4. The number of carboxylic acids is 1. The van der Waals surface area contributed by atoms with Crippen molar-refractivity contribution in [3.05, 3.63) is 0 Å². The number of carbonyl (C=O) groups is 1. The lowest BCUT2D eigenvalue weighted by molar-refractivity contribution is -0.137. The Balaban J connectivity index is 3.49. The maximum atomic E-state index is 9.98. The molecule has 0 aliphatic carbocycles.